The van der Waals surface area contributed by atoms with E-state index in [1.165, 1.54) is 14.0 Å². The molecule has 120 valence electrons. The number of carbonyl (C=O) groups is 3. The van der Waals surface area contributed by atoms with Crippen LogP contribution in [0.4, 0.5) is 10.5 Å². The van der Waals surface area contributed by atoms with E-state index in [4.69, 9.17) is 45.3 Å². The van der Waals surface area contributed by atoms with Gasteiger partial charge in [0.1, 0.15) is 10.0 Å². The minimum atomic E-state index is -1.26. The summed E-state index contributed by atoms with van der Waals surface area (Å²) in [7, 11) is 1.33. The minimum absolute atomic E-state index is 0.0476. The van der Waals surface area contributed by atoms with Crippen LogP contribution < -0.4 is 21.4 Å². The maximum absolute atomic E-state index is 12.0. The van der Waals surface area contributed by atoms with Crippen molar-refractivity contribution in [2.24, 2.45) is 0 Å². The second-order valence-electron chi connectivity index (χ2n) is 3.97. The number of amides is 3. The van der Waals surface area contributed by atoms with Gasteiger partial charge in [0, 0.05) is 7.05 Å². The summed E-state index contributed by atoms with van der Waals surface area (Å²) >= 11 is 17.4. The molecule has 8 nitrogen and oxygen atoms in total. The Balaban J connectivity index is 2.90. The van der Waals surface area contributed by atoms with Gasteiger partial charge in [-0.2, -0.15) is 4.98 Å². The quantitative estimate of drug-likeness (QED) is 0.541. The smallest absolute Gasteiger partial charge is 0.406 e. The number of rotatable bonds is 3. The largest absolute Gasteiger partial charge is 0.445 e. The first-order chi connectivity index (χ1) is 10.2. The van der Waals surface area contributed by atoms with Crippen molar-refractivity contribution in [1.82, 2.24) is 10.6 Å². The van der Waals surface area contributed by atoms with Gasteiger partial charge in [0.25, 0.3) is 11.1 Å². The number of aromatic amines is 1. The van der Waals surface area contributed by atoms with Gasteiger partial charge in [0.15, 0.2) is 6.10 Å². The van der Waals surface area contributed by atoms with E-state index in [0.29, 0.717) is 0 Å². The lowest BCUT2D eigenvalue weighted by molar-refractivity contribution is -0.380. The molecule has 0 saturated heterocycles. The third kappa shape index (κ3) is 4.12. The molecule has 0 aliphatic heterocycles. The predicted octanol–water partition coefficient (Wildman–Crippen LogP) is 1.04. The van der Waals surface area contributed by atoms with Crippen molar-refractivity contribution >= 4 is 58.4 Å². The van der Waals surface area contributed by atoms with Crippen molar-refractivity contribution in [3.63, 3.8) is 0 Å². The molecule has 0 saturated carbocycles. The third-order valence-corrected chi connectivity index (χ3v) is 3.61. The number of nitrogen functional groups attached to an aromatic ring is 1. The van der Waals surface area contributed by atoms with Gasteiger partial charge in [-0.1, -0.05) is 23.2 Å². The number of ether oxygens (including phenoxy) is 1. The molecule has 11 heteroatoms. The summed E-state index contributed by atoms with van der Waals surface area (Å²) in [5.74, 6) is -1.81. The van der Waals surface area contributed by atoms with E-state index in [0.717, 1.165) is 0 Å². The molecule has 1 aromatic heterocycles. The van der Waals surface area contributed by atoms with Crippen molar-refractivity contribution in [3.05, 3.63) is 20.9 Å². The molecular weight excluding hydrogens is 359 g/mol. The van der Waals surface area contributed by atoms with Crippen molar-refractivity contribution in [2.75, 3.05) is 12.8 Å². The zero-order chi connectivity index (χ0) is 17.0. The highest BCUT2D eigenvalue weighted by Gasteiger charge is 2.30. The number of nitrogens with two attached hydrogens (primary N) is 1. The van der Waals surface area contributed by atoms with Crippen LogP contribution >= 0.6 is 34.8 Å². The highest BCUT2D eigenvalue weighted by molar-refractivity contribution is 6.45. The zero-order valence-corrected chi connectivity index (χ0v) is 13.7. The molecule has 1 aromatic rings. The van der Waals surface area contributed by atoms with Crippen LogP contribution in [0.1, 0.15) is 17.4 Å². The standard InChI is InChI=1S/C11H11Cl3N4O4/c1-3(9(19)18-11(21)16-2)22-10(20)7-4(12)6(15)5(13)8(14)17-7/h3H,1-2H3,(H2,15,17)(H2,16,18,19,21)/p+1/t3-/m0/s1. The van der Waals surface area contributed by atoms with E-state index in [1.54, 1.807) is 0 Å². The first kappa shape index (κ1) is 18.3. The summed E-state index contributed by atoms with van der Waals surface area (Å²) in [4.78, 5) is 37.0. The normalized spacial score (nSPS) is 11.5. The van der Waals surface area contributed by atoms with E-state index >= 15 is 0 Å². The van der Waals surface area contributed by atoms with Gasteiger partial charge in [-0.25, -0.2) is 9.59 Å². The van der Waals surface area contributed by atoms with E-state index < -0.39 is 24.0 Å². The first-order valence-electron chi connectivity index (χ1n) is 5.77. The van der Waals surface area contributed by atoms with Crippen molar-refractivity contribution in [3.8, 4) is 0 Å². The monoisotopic (exact) mass is 369 g/mol. The highest BCUT2D eigenvalue weighted by Crippen LogP contribution is 2.32. The summed E-state index contributed by atoms with van der Waals surface area (Å²) in [6.45, 7) is 1.27. The maximum Gasteiger partial charge on any atom is 0.406 e. The number of pyridine rings is 1. The van der Waals surface area contributed by atoms with Crippen LogP contribution in [0.25, 0.3) is 0 Å². The molecule has 1 atom stereocenters. The summed E-state index contributed by atoms with van der Waals surface area (Å²) in [6.07, 6.45) is -1.26. The lowest BCUT2D eigenvalue weighted by Gasteiger charge is -2.11. The van der Waals surface area contributed by atoms with Gasteiger partial charge in [-0.15, -0.1) is 0 Å². The Labute approximate surface area is 140 Å². The number of H-pyrrole nitrogens is 1. The summed E-state index contributed by atoms with van der Waals surface area (Å²) in [5, 5.41) is 3.77. The van der Waals surface area contributed by atoms with Gasteiger partial charge in [-0.05, 0) is 18.5 Å². The summed E-state index contributed by atoms with van der Waals surface area (Å²) in [5.41, 5.74) is 5.21. The van der Waals surface area contributed by atoms with Crippen LogP contribution in [0.15, 0.2) is 0 Å². The Morgan fingerprint density at radius 2 is 1.82 bits per heavy atom. The number of urea groups is 1. The Morgan fingerprint density at radius 3 is 2.36 bits per heavy atom. The van der Waals surface area contributed by atoms with Gasteiger partial charge in [-0.3, -0.25) is 10.1 Å². The van der Waals surface area contributed by atoms with Gasteiger partial charge < -0.3 is 15.8 Å². The van der Waals surface area contributed by atoms with E-state index in [9.17, 15) is 14.4 Å². The lowest BCUT2D eigenvalue weighted by atomic mass is 10.3. The van der Waals surface area contributed by atoms with Crippen molar-refractivity contribution in [1.29, 1.82) is 0 Å². The van der Waals surface area contributed by atoms with E-state index in [-0.39, 0.29) is 26.6 Å². The molecule has 1 heterocycles. The molecule has 1 rings (SSSR count). The molecule has 3 amide bonds. The maximum atomic E-state index is 12.0. The Morgan fingerprint density at radius 1 is 1.23 bits per heavy atom. The molecule has 22 heavy (non-hydrogen) atoms. The summed E-state index contributed by atoms with van der Waals surface area (Å²) < 4.78 is 4.87. The van der Waals surface area contributed by atoms with E-state index in [2.05, 4.69) is 10.3 Å². The molecule has 0 aliphatic rings. The van der Waals surface area contributed by atoms with Crippen molar-refractivity contribution in [2.45, 2.75) is 13.0 Å². The number of imide groups is 1. The number of hydrogen-bond donors (Lipinski definition) is 3. The van der Waals surface area contributed by atoms with E-state index in [1.807, 2.05) is 5.32 Å². The number of halogens is 3. The molecular formula is C11H12Cl3N4O4+. The third-order valence-electron chi connectivity index (χ3n) is 2.44. The second-order valence-corrected chi connectivity index (χ2v) is 5.11. The fourth-order valence-corrected chi connectivity index (χ4v) is 1.86. The number of anilines is 1. The number of nitrogens with one attached hydrogen (secondary N) is 3. The van der Waals surface area contributed by atoms with Crippen LogP contribution in [-0.2, 0) is 9.53 Å². The van der Waals surface area contributed by atoms with Crippen LogP contribution in [0.3, 0.4) is 0 Å². The summed E-state index contributed by atoms with van der Waals surface area (Å²) in [6, 6.07) is -0.740. The fraction of sp³-hybridized carbons (Fsp3) is 0.273. The molecule has 0 aliphatic carbocycles. The Bertz CT molecular complexity index is 638. The molecule has 0 fully saturated rings. The first-order valence-corrected chi connectivity index (χ1v) is 6.91. The zero-order valence-electron chi connectivity index (χ0n) is 11.4. The number of hydrogen-bond acceptors (Lipinski definition) is 5. The van der Waals surface area contributed by atoms with Crippen LogP contribution in [-0.4, -0.2) is 31.1 Å². The molecule has 0 radical (unpaired) electrons. The fourth-order valence-electron chi connectivity index (χ4n) is 1.26. The Hall–Kier alpha value is -1.77. The predicted molar refractivity (Wildman–Crippen MR) is 79.9 cm³/mol. The topological polar surface area (TPSA) is 125 Å². The molecule has 0 aromatic carbocycles. The molecule has 0 bridgehead atoms. The molecule has 0 unspecified atom stereocenters. The number of esters is 1. The average Bonchev–Trinajstić information content (AvgIpc) is 2.48. The molecule has 0 spiro atoms. The van der Waals surface area contributed by atoms with Crippen molar-refractivity contribution < 1.29 is 24.1 Å². The van der Waals surface area contributed by atoms with Crippen LogP contribution in [0.5, 0.6) is 0 Å². The second kappa shape index (κ2) is 7.48. The van der Waals surface area contributed by atoms with Gasteiger partial charge in [0.2, 0.25) is 0 Å². The number of carbonyl (C=O) groups excluding carboxylic acids is 3. The number of aromatic nitrogens is 1. The minimum Gasteiger partial charge on any atom is -0.445 e. The molecule has 5 N–H and O–H groups in total. The lowest BCUT2D eigenvalue weighted by Crippen LogP contribution is -2.43. The highest BCUT2D eigenvalue weighted by atomic mass is 35.5. The van der Waals surface area contributed by atoms with Crippen LogP contribution in [0.2, 0.25) is 15.2 Å². The SMILES string of the molecule is CNC(=O)NC(=O)[C@H](C)OC(=O)c1[nH+]c(Cl)c(Cl)c(N)c1Cl. The van der Waals surface area contributed by atoms with Crippen LogP contribution in [0, 0.1) is 0 Å². The van der Waals surface area contributed by atoms with Gasteiger partial charge in [0.05, 0.1) is 5.69 Å². The Kier molecular flexibility index (Phi) is 6.21. The average molecular weight is 371 g/mol. The van der Waals surface area contributed by atoms with Gasteiger partial charge >= 0.3 is 17.7 Å².